The molecule has 0 aromatic carbocycles. The molecule has 1 aliphatic carbocycles. The van der Waals surface area contributed by atoms with Crippen LogP contribution in [0.2, 0.25) is 0 Å². The van der Waals surface area contributed by atoms with Gasteiger partial charge in [0, 0.05) is 6.92 Å². The Bertz CT molecular complexity index is 846. The molecule has 8 heteroatoms. The number of aromatic nitrogens is 3. The molecular weight excluding hydrogens is 328 g/mol. The smallest absolute Gasteiger partial charge is 0.274 e. The third kappa shape index (κ3) is 2.52. The second kappa shape index (κ2) is 5.86. The topological polar surface area (TPSA) is 94.1 Å². The van der Waals surface area contributed by atoms with Crippen LogP contribution in [-0.4, -0.2) is 21.0 Å². The van der Waals surface area contributed by atoms with Crippen molar-refractivity contribution in [1.82, 2.24) is 20.4 Å². The molecule has 124 valence electrons. The van der Waals surface area contributed by atoms with Crippen molar-refractivity contribution in [3.05, 3.63) is 41.3 Å². The molecule has 7 nitrogen and oxygen atoms in total. The fraction of sp³-hybridized carbons (Fsp3) is 0.375. The molecular formula is C16H16N4O3S. The van der Waals surface area contributed by atoms with Crippen LogP contribution in [0.15, 0.2) is 32.8 Å². The molecule has 1 fully saturated rings. The zero-order chi connectivity index (χ0) is 16.6. The van der Waals surface area contributed by atoms with Gasteiger partial charge in [0.2, 0.25) is 5.89 Å². The minimum Gasteiger partial charge on any atom is -0.442 e. The van der Waals surface area contributed by atoms with Gasteiger partial charge in [-0.1, -0.05) is 24.1 Å². The Labute approximate surface area is 142 Å². The Kier molecular flexibility index (Phi) is 3.68. The lowest BCUT2D eigenvalue weighted by Gasteiger charge is -2.26. The molecule has 0 unspecified atom stereocenters. The summed E-state index contributed by atoms with van der Waals surface area (Å²) in [6.45, 7) is 1.74. The van der Waals surface area contributed by atoms with Gasteiger partial charge >= 0.3 is 0 Å². The van der Waals surface area contributed by atoms with Crippen molar-refractivity contribution in [3.8, 4) is 10.6 Å². The summed E-state index contributed by atoms with van der Waals surface area (Å²) in [5.41, 5.74) is -0.315. The predicted octanol–water partition coefficient (Wildman–Crippen LogP) is 3.29. The fourth-order valence-electron chi connectivity index (χ4n) is 3.14. The van der Waals surface area contributed by atoms with Gasteiger partial charge in [0.1, 0.15) is 5.54 Å². The van der Waals surface area contributed by atoms with Gasteiger partial charge in [0.25, 0.3) is 5.91 Å². The highest BCUT2D eigenvalue weighted by Crippen LogP contribution is 2.38. The Morgan fingerprint density at radius 1 is 1.38 bits per heavy atom. The molecule has 0 aliphatic heterocycles. The highest BCUT2D eigenvalue weighted by Gasteiger charge is 2.42. The van der Waals surface area contributed by atoms with Crippen LogP contribution >= 0.6 is 11.3 Å². The van der Waals surface area contributed by atoms with Gasteiger partial charge in [-0.25, -0.2) is 4.98 Å². The van der Waals surface area contributed by atoms with Gasteiger partial charge in [0.15, 0.2) is 23.7 Å². The first-order chi connectivity index (χ1) is 11.7. The van der Waals surface area contributed by atoms with Gasteiger partial charge in [-0.3, -0.25) is 4.79 Å². The zero-order valence-corrected chi connectivity index (χ0v) is 13.9. The lowest BCUT2D eigenvalue weighted by atomic mass is 9.96. The van der Waals surface area contributed by atoms with E-state index in [-0.39, 0.29) is 11.6 Å². The lowest BCUT2D eigenvalue weighted by Crippen LogP contribution is -2.45. The van der Waals surface area contributed by atoms with Gasteiger partial charge in [-0.15, -0.1) is 11.3 Å². The predicted molar refractivity (Wildman–Crippen MR) is 86.5 cm³/mol. The molecule has 0 atom stereocenters. The second-order valence-electron chi connectivity index (χ2n) is 5.89. The number of oxazole rings is 1. The lowest BCUT2D eigenvalue weighted by molar-refractivity contribution is 0.0887. The van der Waals surface area contributed by atoms with E-state index in [1.165, 1.54) is 17.7 Å². The van der Waals surface area contributed by atoms with E-state index >= 15 is 0 Å². The van der Waals surface area contributed by atoms with Crippen molar-refractivity contribution < 1.29 is 13.7 Å². The van der Waals surface area contributed by atoms with Crippen molar-refractivity contribution in [1.29, 1.82) is 0 Å². The Balaban J connectivity index is 1.65. The van der Waals surface area contributed by atoms with Gasteiger partial charge in [-0.2, -0.15) is 4.98 Å². The number of hydrogen-bond donors (Lipinski definition) is 1. The number of carbonyl (C=O) groups excluding carboxylic acids is 1. The first kappa shape index (κ1) is 15.1. The summed E-state index contributed by atoms with van der Waals surface area (Å²) in [4.78, 5) is 22.2. The highest BCUT2D eigenvalue weighted by molar-refractivity contribution is 7.13. The summed E-state index contributed by atoms with van der Waals surface area (Å²) in [7, 11) is 0. The summed E-state index contributed by atoms with van der Waals surface area (Å²) in [5.74, 6) is 1.23. The van der Waals surface area contributed by atoms with E-state index in [1.807, 2.05) is 17.5 Å². The quantitative estimate of drug-likeness (QED) is 0.780. The standard InChI is InChI=1S/C16H16N4O3S/c1-10-18-15(20-23-10)16(6-2-3-7-16)19-14(21)12-13(22-9-17-12)11-5-4-8-24-11/h4-5,8-9H,2-3,6-7H2,1H3,(H,19,21). The largest absolute Gasteiger partial charge is 0.442 e. The molecule has 24 heavy (non-hydrogen) atoms. The van der Waals surface area contributed by atoms with Gasteiger partial charge < -0.3 is 14.3 Å². The maximum atomic E-state index is 12.8. The van der Waals surface area contributed by atoms with E-state index < -0.39 is 5.54 Å². The number of nitrogens with one attached hydrogen (secondary N) is 1. The van der Waals surface area contributed by atoms with Crippen LogP contribution in [0.1, 0.15) is 47.9 Å². The van der Waals surface area contributed by atoms with Crippen LogP contribution in [0.25, 0.3) is 10.6 Å². The highest BCUT2D eigenvalue weighted by atomic mass is 32.1. The summed E-state index contributed by atoms with van der Waals surface area (Å²) < 4.78 is 10.5. The average molecular weight is 344 g/mol. The minimum absolute atomic E-state index is 0.281. The number of rotatable bonds is 4. The molecule has 0 radical (unpaired) electrons. The van der Waals surface area contributed by atoms with Crippen LogP contribution in [0, 0.1) is 6.92 Å². The maximum Gasteiger partial charge on any atom is 0.274 e. The van der Waals surface area contributed by atoms with E-state index in [1.54, 1.807) is 6.92 Å². The van der Waals surface area contributed by atoms with Crippen LogP contribution in [0.3, 0.4) is 0 Å². The Hall–Kier alpha value is -2.48. The van der Waals surface area contributed by atoms with Gasteiger partial charge in [-0.05, 0) is 24.3 Å². The number of hydrogen-bond acceptors (Lipinski definition) is 7. The summed E-state index contributed by atoms with van der Waals surface area (Å²) >= 11 is 1.50. The second-order valence-corrected chi connectivity index (χ2v) is 6.84. The molecule has 0 saturated heterocycles. The number of thiophene rings is 1. The number of aryl methyl sites for hydroxylation is 1. The van der Waals surface area contributed by atoms with E-state index in [0.29, 0.717) is 17.5 Å². The first-order valence-electron chi connectivity index (χ1n) is 7.79. The van der Waals surface area contributed by atoms with E-state index in [2.05, 4.69) is 20.4 Å². The molecule has 1 amide bonds. The van der Waals surface area contributed by atoms with Crippen LogP contribution in [0.4, 0.5) is 0 Å². The number of carbonyl (C=O) groups is 1. The van der Waals surface area contributed by atoms with Crippen molar-refractivity contribution in [2.45, 2.75) is 38.1 Å². The molecule has 3 heterocycles. The van der Waals surface area contributed by atoms with E-state index in [9.17, 15) is 4.79 Å². The Morgan fingerprint density at radius 3 is 2.88 bits per heavy atom. The third-order valence-corrected chi connectivity index (χ3v) is 5.16. The molecule has 0 bridgehead atoms. The van der Waals surface area contributed by atoms with Crippen molar-refractivity contribution in [2.75, 3.05) is 0 Å². The average Bonchev–Trinajstić information content (AvgIpc) is 3.34. The van der Waals surface area contributed by atoms with Gasteiger partial charge in [0.05, 0.1) is 4.88 Å². The summed E-state index contributed by atoms with van der Waals surface area (Å²) in [5, 5.41) is 9.05. The van der Waals surface area contributed by atoms with E-state index in [0.717, 1.165) is 30.6 Å². The zero-order valence-electron chi connectivity index (χ0n) is 13.1. The summed E-state index contributed by atoms with van der Waals surface area (Å²) in [6, 6.07) is 3.81. The van der Waals surface area contributed by atoms with Crippen molar-refractivity contribution in [2.24, 2.45) is 0 Å². The molecule has 4 rings (SSSR count). The molecule has 3 aromatic rings. The SMILES string of the molecule is Cc1nc(C2(NC(=O)c3ncoc3-c3cccs3)CCCC2)no1. The maximum absolute atomic E-state index is 12.8. The molecule has 1 aliphatic rings. The third-order valence-electron chi connectivity index (χ3n) is 4.29. The molecule has 3 aromatic heterocycles. The van der Waals surface area contributed by atoms with Crippen molar-refractivity contribution >= 4 is 17.2 Å². The van der Waals surface area contributed by atoms with Crippen molar-refractivity contribution in [3.63, 3.8) is 0 Å². The number of nitrogens with zero attached hydrogens (tertiary/aromatic N) is 3. The first-order valence-corrected chi connectivity index (χ1v) is 8.67. The normalized spacial score (nSPS) is 16.4. The fourth-order valence-corrected chi connectivity index (χ4v) is 3.86. The monoisotopic (exact) mass is 344 g/mol. The van der Waals surface area contributed by atoms with Crippen LogP contribution < -0.4 is 5.32 Å². The molecule has 0 spiro atoms. The van der Waals surface area contributed by atoms with Crippen LogP contribution in [-0.2, 0) is 5.54 Å². The molecule has 1 N–H and O–H groups in total. The molecule has 1 saturated carbocycles. The summed E-state index contributed by atoms with van der Waals surface area (Å²) in [6.07, 6.45) is 4.87. The van der Waals surface area contributed by atoms with Crippen LogP contribution in [0.5, 0.6) is 0 Å². The Morgan fingerprint density at radius 2 is 2.21 bits per heavy atom. The van der Waals surface area contributed by atoms with E-state index in [4.69, 9.17) is 8.94 Å². The minimum atomic E-state index is -0.597. The number of amides is 1.